The van der Waals surface area contributed by atoms with Crippen molar-refractivity contribution in [3.8, 4) is 0 Å². The first-order valence-corrected chi connectivity index (χ1v) is 7.53. The molecule has 0 unspecified atom stereocenters. The lowest BCUT2D eigenvalue weighted by atomic mass is 9.99. The molecule has 3 heteroatoms. The predicted octanol–water partition coefficient (Wildman–Crippen LogP) is 2.66. The van der Waals surface area contributed by atoms with Gasteiger partial charge in [-0.05, 0) is 38.3 Å². The highest BCUT2D eigenvalue weighted by Gasteiger charge is 2.19. The normalized spacial score (nSPS) is 19.2. The Morgan fingerprint density at radius 1 is 1.11 bits per heavy atom. The van der Waals surface area contributed by atoms with Crippen LogP contribution in [0.4, 0.5) is 0 Å². The molecular weight excluding hydrogens is 224 g/mol. The zero-order valence-electron chi connectivity index (χ0n) is 12.5. The highest BCUT2D eigenvalue weighted by molar-refractivity contribution is 5.78. The average Bonchev–Trinajstić information content (AvgIpc) is 2.34. The molecule has 0 aliphatic carbocycles. The fraction of sp³-hybridized carbons (Fsp3) is 0.933. The Hall–Kier alpha value is -0.570. The number of likely N-dealkylation sites (tertiary alicyclic amines) is 1. The molecule has 106 valence electrons. The van der Waals surface area contributed by atoms with E-state index in [0.29, 0.717) is 12.0 Å². The van der Waals surface area contributed by atoms with Crippen LogP contribution in [-0.4, -0.2) is 36.5 Å². The molecule has 1 aliphatic heterocycles. The Bertz CT molecular complexity index is 245. The summed E-state index contributed by atoms with van der Waals surface area (Å²) in [6.45, 7) is 11.9. The molecular formula is C15H30N2O. The largest absolute Gasteiger partial charge is 0.353 e. The summed E-state index contributed by atoms with van der Waals surface area (Å²) in [7, 11) is 0. The molecule has 1 fully saturated rings. The van der Waals surface area contributed by atoms with Gasteiger partial charge in [0, 0.05) is 18.5 Å². The number of carbonyl (C=O) groups excluding carboxylic acids is 1. The van der Waals surface area contributed by atoms with Gasteiger partial charge in [0.05, 0.1) is 0 Å². The fourth-order valence-corrected chi connectivity index (χ4v) is 2.43. The van der Waals surface area contributed by atoms with Crippen molar-refractivity contribution < 1.29 is 4.79 Å². The van der Waals surface area contributed by atoms with Gasteiger partial charge in [-0.1, -0.05) is 34.1 Å². The molecule has 1 atom stereocenters. The van der Waals surface area contributed by atoms with E-state index < -0.39 is 0 Å². The van der Waals surface area contributed by atoms with Crippen LogP contribution in [0.5, 0.6) is 0 Å². The first-order valence-electron chi connectivity index (χ1n) is 7.53. The standard InChI is InChI=1S/C15H30N2O/c1-12(2)14(16-15(18)13(3)4)8-11-17-9-6-5-7-10-17/h12-14H,5-11H2,1-4H3,(H,16,18)/t14-/m1/s1. The van der Waals surface area contributed by atoms with Gasteiger partial charge in [0.15, 0.2) is 0 Å². The second kappa shape index (κ2) is 7.78. The second-order valence-corrected chi connectivity index (χ2v) is 6.20. The van der Waals surface area contributed by atoms with Gasteiger partial charge in [0.25, 0.3) is 0 Å². The summed E-state index contributed by atoms with van der Waals surface area (Å²) in [5.74, 6) is 0.783. The molecule has 0 spiro atoms. The number of piperidine rings is 1. The third kappa shape index (κ3) is 5.38. The van der Waals surface area contributed by atoms with Gasteiger partial charge in [-0.2, -0.15) is 0 Å². The van der Waals surface area contributed by atoms with Crippen LogP contribution in [0.25, 0.3) is 0 Å². The zero-order chi connectivity index (χ0) is 13.5. The predicted molar refractivity (Wildman–Crippen MR) is 76.5 cm³/mol. The van der Waals surface area contributed by atoms with Gasteiger partial charge < -0.3 is 10.2 Å². The average molecular weight is 254 g/mol. The van der Waals surface area contributed by atoms with Gasteiger partial charge in [-0.15, -0.1) is 0 Å². The number of hydrogen-bond acceptors (Lipinski definition) is 2. The quantitative estimate of drug-likeness (QED) is 0.790. The summed E-state index contributed by atoms with van der Waals surface area (Å²) >= 11 is 0. The summed E-state index contributed by atoms with van der Waals surface area (Å²) in [4.78, 5) is 14.3. The van der Waals surface area contributed by atoms with Crippen molar-refractivity contribution in [2.75, 3.05) is 19.6 Å². The summed E-state index contributed by atoms with van der Waals surface area (Å²) in [5, 5.41) is 3.19. The molecule has 18 heavy (non-hydrogen) atoms. The summed E-state index contributed by atoms with van der Waals surface area (Å²) < 4.78 is 0. The van der Waals surface area contributed by atoms with Gasteiger partial charge in [0.1, 0.15) is 0 Å². The van der Waals surface area contributed by atoms with E-state index in [-0.39, 0.29) is 11.8 Å². The van der Waals surface area contributed by atoms with Crippen molar-refractivity contribution in [2.45, 2.75) is 59.4 Å². The molecule has 1 N–H and O–H groups in total. The Labute approximate surface area is 112 Å². The van der Waals surface area contributed by atoms with E-state index in [1.165, 1.54) is 32.4 Å². The van der Waals surface area contributed by atoms with Crippen molar-refractivity contribution in [2.24, 2.45) is 11.8 Å². The first-order chi connectivity index (χ1) is 8.50. The van der Waals surface area contributed by atoms with Crippen molar-refractivity contribution >= 4 is 5.91 Å². The van der Waals surface area contributed by atoms with Crippen LogP contribution in [0.15, 0.2) is 0 Å². The van der Waals surface area contributed by atoms with E-state index in [1.807, 2.05) is 13.8 Å². The number of carbonyl (C=O) groups is 1. The van der Waals surface area contributed by atoms with Gasteiger partial charge in [0.2, 0.25) is 5.91 Å². The third-order valence-electron chi connectivity index (χ3n) is 3.86. The second-order valence-electron chi connectivity index (χ2n) is 6.20. The molecule has 1 aliphatic rings. The maximum Gasteiger partial charge on any atom is 0.222 e. The van der Waals surface area contributed by atoms with Crippen molar-refractivity contribution in [1.29, 1.82) is 0 Å². The summed E-state index contributed by atoms with van der Waals surface area (Å²) in [6, 6.07) is 0.321. The zero-order valence-corrected chi connectivity index (χ0v) is 12.5. The van der Waals surface area contributed by atoms with Crippen molar-refractivity contribution in [1.82, 2.24) is 10.2 Å². The maximum absolute atomic E-state index is 11.8. The molecule has 1 saturated heterocycles. The number of nitrogens with zero attached hydrogens (tertiary/aromatic N) is 1. The van der Waals surface area contributed by atoms with Crippen LogP contribution in [0.3, 0.4) is 0 Å². The molecule has 1 amide bonds. The molecule has 0 aromatic rings. The lowest BCUT2D eigenvalue weighted by Crippen LogP contribution is -2.43. The lowest BCUT2D eigenvalue weighted by Gasteiger charge is -2.30. The number of rotatable bonds is 6. The van der Waals surface area contributed by atoms with Crippen LogP contribution < -0.4 is 5.32 Å². The Balaban J connectivity index is 2.35. The third-order valence-corrected chi connectivity index (χ3v) is 3.86. The number of amides is 1. The smallest absolute Gasteiger partial charge is 0.222 e. The van der Waals surface area contributed by atoms with Crippen LogP contribution in [-0.2, 0) is 4.79 Å². The SMILES string of the molecule is CC(C)C(=O)N[C@H](CCN1CCCCC1)C(C)C. The molecule has 0 saturated carbocycles. The van der Waals surface area contributed by atoms with Crippen LogP contribution in [0.2, 0.25) is 0 Å². The highest BCUT2D eigenvalue weighted by Crippen LogP contribution is 2.12. The van der Waals surface area contributed by atoms with E-state index >= 15 is 0 Å². The minimum Gasteiger partial charge on any atom is -0.353 e. The molecule has 0 aromatic carbocycles. The van der Waals surface area contributed by atoms with E-state index in [9.17, 15) is 4.79 Å². The minimum absolute atomic E-state index is 0.0845. The Morgan fingerprint density at radius 2 is 1.72 bits per heavy atom. The molecule has 1 heterocycles. The Kier molecular flexibility index (Phi) is 6.69. The summed E-state index contributed by atoms with van der Waals surface area (Å²) in [5.41, 5.74) is 0. The van der Waals surface area contributed by atoms with Gasteiger partial charge >= 0.3 is 0 Å². The number of nitrogens with one attached hydrogen (secondary N) is 1. The molecule has 0 bridgehead atoms. The molecule has 3 nitrogen and oxygen atoms in total. The lowest BCUT2D eigenvalue weighted by molar-refractivity contribution is -0.125. The molecule has 1 rings (SSSR count). The van der Waals surface area contributed by atoms with Crippen LogP contribution in [0, 0.1) is 11.8 Å². The summed E-state index contributed by atoms with van der Waals surface area (Å²) in [6.07, 6.45) is 5.14. The molecule has 0 aromatic heterocycles. The number of hydrogen-bond donors (Lipinski definition) is 1. The molecule has 0 radical (unpaired) electrons. The van der Waals surface area contributed by atoms with E-state index in [0.717, 1.165) is 13.0 Å². The van der Waals surface area contributed by atoms with E-state index in [2.05, 4.69) is 24.1 Å². The van der Waals surface area contributed by atoms with Gasteiger partial charge in [-0.25, -0.2) is 0 Å². The highest BCUT2D eigenvalue weighted by atomic mass is 16.1. The van der Waals surface area contributed by atoms with Gasteiger partial charge in [-0.3, -0.25) is 4.79 Å². The minimum atomic E-state index is 0.0845. The van der Waals surface area contributed by atoms with E-state index in [1.54, 1.807) is 0 Å². The van der Waals surface area contributed by atoms with Crippen LogP contribution >= 0.6 is 0 Å². The Morgan fingerprint density at radius 3 is 2.22 bits per heavy atom. The fourth-order valence-electron chi connectivity index (χ4n) is 2.43. The topological polar surface area (TPSA) is 32.3 Å². The first kappa shape index (κ1) is 15.5. The maximum atomic E-state index is 11.8. The van der Waals surface area contributed by atoms with Crippen molar-refractivity contribution in [3.63, 3.8) is 0 Å². The van der Waals surface area contributed by atoms with Crippen LogP contribution in [0.1, 0.15) is 53.4 Å². The van der Waals surface area contributed by atoms with Crippen molar-refractivity contribution in [3.05, 3.63) is 0 Å². The monoisotopic (exact) mass is 254 g/mol. The van der Waals surface area contributed by atoms with E-state index in [4.69, 9.17) is 0 Å².